The number of allylic oxidation sites excluding steroid dienone is 9. The maximum Gasteiger partial charge on any atom is 0.469 e. The third-order valence-corrected chi connectivity index (χ3v) is 8.85. The Hall–Kier alpha value is -2.29. The molecular weight excluding hydrogens is 679 g/mol. The lowest BCUT2D eigenvalue weighted by molar-refractivity contribution is -0.161. The van der Waals surface area contributed by atoms with Gasteiger partial charge >= 0.3 is 19.8 Å². The van der Waals surface area contributed by atoms with E-state index < -0.39 is 38.6 Å². The van der Waals surface area contributed by atoms with E-state index in [9.17, 15) is 19.3 Å². The molecular formula is C42H73O9P. The number of carbonyl (C=O) groups is 2. The lowest BCUT2D eigenvalue weighted by atomic mass is 10.1. The van der Waals surface area contributed by atoms with Gasteiger partial charge in [0, 0.05) is 12.8 Å². The summed E-state index contributed by atoms with van der Waals surface area (Å²) in [5, 5.41) is 10.2. The molecule has 9 nitrogen and oxygen atoms in total. The molecule has 0 aromatic carbocycles. The molecule has 0 rings (SSSR count). The molecule has 0 fully saturated rings. The van der Waals surface area contributed by atoms with Gasteiger partial charge in [-0.3, -0.25) is 14.1 Å². The maximum atomic E-state index is 12.4. The molecule has 10 heteroatoms. The molecule has 52 heavy (non-hydrogen) atoms. The summed E-state index contributed by atoms with van der Waals surface area (Å²) < 4.78 is 26.2. The molecule has 1 unspecified atom stereocenters. The predicted octanol–water partition coefficient (Wildman–Crippen LogP) is 11.1. The Bertz CT molecular complexity index is 1040. The van der Waals surface area contributed by atoms with Crippen molar-refractivity contribution < 1.29 is 43.0 Å². The highest BCUT2D eigenvalue weighted by Gasteiger charge is 2.23. The Balaban J connectivity index is 4.16. The van der Waals surface area contributed by atoms with Crippen LogP contribution in [0.1, 0.15) is 168 Å². The van der Waals surface area contributed by atoms with Crippen molar-refractivity contribution >= 4 is 19.8 Å². The summed E-state index contributed by atoms with van der Waals surface area (Å²) in [7, 11) is -4.80. The van der Waals surface area contributed by atoms with Crippen molar-refractivity contribution in [1.29, 1.82) is 0 Å². The smallest absolute Gasteiger partial charge is 0.462 e. The zero-order chi connectivity index (χ0) is 38.4. The van der Waals surface area contributed by atoms with Crippen molar-refractivity contribution in [3.05, 3.63) is 60.8 Å². The molecule has 0 saturated heterocycles. The number of aliphatic hydroxyl groups excluding tert-OH is 1. The summed E-state index contributed by atoms with van der Waals surface area (Å²) in [6, 6.07) is 0. The van der Waals surface area contributed by atoms with Gasteiger partial charge in [0.25, 0.3) is 0 Å². The summed E-state index contributed by atoms with van der Waals surface area (Å²) in [6.07, 6.45) is 42.5. The molecule has 0 aliphatic rings. The van der Waals surface area contributed by atoms with Crippen LogP contribution in [0.3, 0.4) is 0 Å². The Morgan fingerprint density at radius 1 is 0.596 bits per heavy atom. The fourth-order valence-corrected chi connectivity index (χ4v) is 5.65. The lowest BCUT2D eigenvalue weighted by Crippen LogP contribution is -2.29. The number of phosphoric ester groups is 1. The van der Waals surface area contributed by atoms with Crippen LogP contribution < -0.4 is 0 Å². The molecule has 300 valence electrons. The Morgan fingerprint density at radius 3 is 1.69 bits per heavy atom. The van der Waals surface area contributed by atoms with Gasteiger partial charge in [-0.2, -0.15) is 0 Å². The van der Waals surface area contributed by atoms with Gasteiger partial charge in [0.2, 0.25) is 0 Å². The number of unbranched alkanes of at least 4 members (excludes halogenated alkanes) is 15. The van der Waals surface area contributed by atoms with Crippen LogP contribution in [0.5, 0.6) is 0 Å². The van der Waals surface area contributed by atoms with Crippen molar-refractivity contribution in [3.8, 4) is 0 Å². The molecule has 0 aromatic heterocycles. The molecule has 0 aliphatic carbocycles. The van der Waals surface area contributed by atoms with Crippen molar-refractivity contribution in [2.45, 2.75) is 180 Å². The summed E-state index contributed by atoms with van der Waals surface area (Å²) in [4.78, 5) is 42.8. The van der Waals surface area contributed by atoms with Crippen molar-refractivity contribution in [2.75, 3.05) is 13.2 Å². The van der Waals surface area contributed by atoms with E-state index in [0.717, 1.165) is 57.8 Å². The van der Waals surface area contributed by atoms with Crippen molar-refractivity contribution in [2.24, 2.45) is 0 Å². The third-order valence-electron chi connectivity index (χ3n) is 8.36. The molecule has 0 amide bonds. The number of carbonyl (C=O) groups excluding carboxylic acids is 2. The highest BCUT2D eigenvalue weighted by molar-refractivity contribution is 7.46. The van der Waals surface area contributed by atoms with Crippen LogP contribution in [0.4, 0.5) is 0 Å². The topological polar surface area (TPSA) is 140 Å². The first-order valence-corrected chi connectivity index (χ1v) is 21.7. The zero-order valence-corrected chi connectivity index (χ0v) is 33.4. The highest BCUT2D eigenvalue weighted by atomic mass is 31.2. The van der Waals surface area contributed by atoms with Crippen LogP contribution in [0.15, 0.2) is 60.8 Å². The number of esters is 2. The molecule has 0 bridgehead atoms. The number of phosphoric acid groups is 1. The molecule has 0 heterocycles. The van der Waals surface area contributed by atoms with E-state index in [1.54, 1.807) is 12.2 Å². The van der Waals surface area contributed by atoms with Gasteiger partial charge in [-0.25, -0.2) is 4.57 Å². The quantitative estimate of drug-likeness (QED) is 0.0187. The molecule has 3 N–H and O–H groups in total. The molecule has 0 spiro atoms. The van der Waals surface area contributed by atoms with Crippen LogP contribution in [0.2, 0.25) is 0 Å². The minimum absolute atomic E-state index is 0.0387. The van der Waals surface area contributed by atoms with Gasteiger partial charge in [0.05, 0.1) is 12.7 Å². The normalized spacial score (nSPS) is 13.7. The first-order chi connectivity index (χ1) is 25.2. The number of ether oxygens (including phenoxy) is 2. The van der Waals surface area contributed by atoms with E-state index in [-0.39, 0.29) is 19.4 Å². The highest BCUT2D eigenvalue weighted by Crippen LogP contribution is 2.36. The van der Waals surface area contributed by atoms with Crippen molar-refractivity contribution in [1.82, 2.24) is 0 Å². The Morgan fingerprint density at radius 2 is 1.10 bits per heavy atom. The van der Waals surface area contributed by atoms with Crippen LogP contribution >= 0.6 is 7.82 Å². The molecule has 0 aliphatic heterocycles. The Labute approximate surface area is 316 Å². The summed E-state index contributed by atoms with van der Waals surface area (Å²) in [6.45, 7) is 3.47. The second-order valence-corrected chi connectivity index (χ2v) is 14.7. The SMILES string of the molecule is CCCCC/C=C\C/C=C\CCCCCCCCC(=O)O[C@H](COC(=O)CCCC(O)/C=C/C=C/C/C=C/CCCCCCCC)COP(=O)(O)O. The van der Waals surface area contributed by atoms with Crippen LogP contribution in [-0.4, -0.2) is 52.3 Å². The number of hydrogen-bond acceptors (Lipinski definition) is 7. The minimum Gasteiger partial charge on any atom is -0.462 e. The fourth-order valence-electron chi connectivity index (χ4n) is 5.29. The van der Waals surface area contributed by atoms with E-state index in [0.29, 0.717) is 19.3 Å². The first kappa shape index (κ1) is 49.7. The first-order valence-electron chi connectivity index (χ1n) is 20.2. The number of hydrogen-bond donors (Lipinski definition) is 3. The molecule has 0 aromatic rings. The van der Waals surface area contributed by atoms with E-state index >= 15 is 0 Å². The van der Waals surface area contributed by atoms with Gasteiger partial charge in [0.15, 0.2) is 6.10 Å². The van der Waals surface area contributed by atoms with E-state index in [2.05, 4.69) is 54.8 Å². The van der Waals surface area contributed by atoms with E-state index in [1.165, 1.54) is 64.2 Å². The largest absolute Gasteiger partial charge is 0.469 e. The average Bonchev–Trinajstić information content (AvgIpc) is 3.10. The standard InChI is InChI=1S/C42H73O9P/c1-3-5-7-9-11-13-15-17-18-19-21-23-25-27-29-31-35-42(45)51-40(38-50-52(46,47)48)37-49-41(44)36-32-34-39(43)33-30-28-26-24-22-20-16-14-12-10-8-6-4-2/h11,13,17-18,20,22,26,28,30,33,39-40,43H,3-10,12,14-16,19,21,23-25,27,29,31-32,34-38H2,1-2H3,(H2,46,47,48)/b13-11-,18-17-,22-20+,28-26+,33-30+/t39?,40-/m1/s1. The number of aliphatic hydroxyl groups is 1. The van der Waals surface area contributed by atoms with E-state index in [1.807, 2.05) is 12.2 Å². The third kappa shape index (κ3) is 38.9. The van der Waals surface area contributed by atoms with Crippen LogP contribution in [0.25, 0.3) is 0 Å². The average molecular weight is 753 g/mol. The molecule has 0 saturated carbocycles. The fraction of sp³-hybridized carbons (Fsp3) is 0.714. The molecule has 0 radical (unpaired) electrons. The molecule has 2 atom stereocenters. The second kappa shape index (κ2) is 37.0. The van der Waals surface area contributed by atoms with Gasteiger partial charge in [-0.15, -0.1) is 0 Å². The lowest BCUT2D eigenvalue weighted by Gasteiger charge is -2.18. The monoisotopic (exact) mass is 752 g/mol. The summed E-state index contributed by atoms with van der Waals surface area (Å²) in [5.74, 6) is -1.10. The minimum atomic E-state index is -4.80. The predicted molar refractivity (Wildman–Crippen MR) is 213 cm³/mol. The van der Waals surface area contributed by atoms with E-state index in [4.69, 9.17) is 19.3 Å². The second-order valence-electron chi connectivity index (χ2n) is 13.5. The zero-order valence-electron chi connectivity index (χ0n) is 32.6. The van der Waals surface area contributed by atoms with Gasteiger partial charge in [0.1, 0.15) is 6.61 Å². The summed E-state index contributed by atoms with van der Waals surface area (Å²) >= 11 is 0. The van der Waals surface area contributed by atoms with Gasteiger partial charge < -0.3 is 24.4 Å². The summed E-state index contributed by atoms with van der Waals surface area (Å²) in [5.41, 5.74) is 0. The van der Waals surface area contributed by atoms with Gasteiger partial charge in [-0.05, 0) is 70.6 Å². The van der Waals surface area contributed by atoms with Crippen LogP contribution in [-0.2, 0) is 28.2 Å². The maximum absolute atomic E-state index is 12.4. The van der Waals surface area contributed by atoms with Crippen LogP contribution in [0, 0.1) is 0 Å². The van der Waals surface area contributed by atoms with Crippen molar-refractivity contribution in [3.63, 3.8) is 0 Å². The number of rotatable bonds is 36. The van der Waals surface area contributed by atoms with Gasteiger partial charge in [-0.1, -0.05) is 145 Å². The Kier molecular flexibility index (Phi) is 35.4.